The van der Waals surface area contributed by atoms with Crippen LogP contribution in [0.1, 0.15) is 29.5 Å². The molecule has 5 heteroatoms. The summed E-state index contributed by atoms with van der Waals surface area (Å²) in [5.41, 5.74) is 6.23. The standard InChI is InChI=1S/C19H21N3O2/c1-14-8-9-17(15(2)12-14)21-18(23)10-11-19(24)22-20-13-16-6-4-3-5-7-16/h3-9,12-13H,10-11H2,1-2H3,(H,21,23)(H,22,24). The average molecular weight is 323 g/mol. The molecule has 0 aliphatic heterocycles. The first-order valence-corrected chi connectivity index (χ1v) is 7.78. The van der Waals surface area contributed by atoms with Crippen molar-refractivity contribution in [3.8, 4) is 0 Å². The van der Waals surface area contributed by atoms with Crippen LogP contribution in [-0.2, 0) is 9.59 Å². The zero-order valence-electron chi connectivity index (χ0n) is 13.9. The van der Waals surface area contributed by atoms with E-state index in [-0.39, 0.29) is 24.7 Å². The number of hydrazone groups is 1. The van der Waals surface area contributed by atoms with Crippen molar-refractivity contribution >= 4 is 23.7 Å². The van der Waals surface area contributed by atoms with Gasteiger partial charge in [-0.05, 0) is 31.0 Å². The summed E-state index contributed by atoms with van der Waals surface area (Å²) in [4.78, 5) is 23.6. The number of nitrogens with one attached hydrogen (secondary N) is 2. The maximum Gasteiger partial charge on any atom is 0.240 e. The lowest BCUT2D eigenvalue weighted by Gasteiger charge is -2.08. The van der Waals surface area contributed by atoms with Gasteiger partial charge in [-0.15, -0.1) is 0 Å². The van der Waals surface area contributed by atoms with E-state index >= 15 is 0 Å². The molecule has 24 heavy (non-hydrogen) atoms. The van der Waals surface area contributed by atoms with Crippen LogP contribution >= 0.6 is 0 Å². The van der Waals surface area contributed by atoms with E-state index in [1.54, 1.807) is 6.21 Å². The van der Waals surface area contributed by atoms with Gasteiger partial charge >= 0.3 is 0 Å². The van der Waals surface area contributed by atoms with Gasteiger partial charge in [0.2, 0.25) is 11.8 Å². The van der Waals surface area contributed by atoms with Gasteiger partial charge in [-0.1, -0.05) is 48.0 Å². The highest BCUT2D eigenvalue weighted by Crippen LogP contribution is 2.16. The molecule has 0 aromatic heterocycles. The number of aryl methyl sites for hydroxylation is 2. The molecule has 0 fully saturated rings. The van der Waals surface area contributed by atoms with Crippen LogP contribution in [0.15, 0.2) is 53.6 Å². The molecule has 0 saturated heterocycles. The molecule has 0 heterocycles. The third-order valence-corrected chi connectivity index (χ3v) is 3.44. The average Bonchev–Trinajstić information content (AvgIpc) is 2.56. The quantitative estimate of drug-likeness (QED) is 0.633. The summed E-state index contributed by atoms with van der Waals surface area (Å²) in [6, 6.07) is 15.3. The van der Waals surface area contributed by atoms with Crippen molar-refractivity contribution in [3.05, 3.63) is 65.2 Å². The third kappa shape index (κ3) is 5.68. The van der Waals surface area contributed by atoms with E-state index in [0.717, 1.165) is 22.4 Å². The van der Waals surface area contributed by atoms with Gasteiger partial charge in [0.1, 0.15) is 0 Å². The minimum Gasteiger partial charge on any atom is -0.326 e. The van der Waals surface area contributed by atoms with E-state index < -0.39 is 0 Å². The number of anilines is 1. The number of benzene rings is 2. The highest BCUT2D eigenvalue weighted by atomic mass is 16.2. The van der Waals surface area contributed by atoms with Crippen molar-refractivity contribution < 1.29 is 9.59 Å². The summed E-state index contributed by atoms with van der Waals surface area (Å²) in [7, 11) is 0. The number of carbonyl (C=O) groups is 2. The molecule has 2 N–H and O–H groups in total. The maximum absolute atomic E-state index is 11.9. The number of hydrogen-bond donors (Lipinski definition) is 2. The lowest BCUT2D eigenvalue weighted by atomic mass is 10.1. The molecular weight excluding hydrogens is 302 g/mol. The second-order valence-corrected chi connectivity index (χ2v) is 5.57. The van der Waals surface area contributed by atoms with E-state index in [9.17, 15) is 9.59 Å². The molecule has 2 rings (SSSR count). The Hall–Kier alpha value is -2.95. The van der Waals surface area contributed by atoms with Crippen molar-refractivity contribution in [2.75, 3.05) is 5.32 Å². The third-order valence-electron chi connectivity index (χ3n) is 3.44. The first-order chi connectivity index (χ1) is 11.5. The van der Waals surface area contributed by atoms with E-state index in [2.05, 4.69) is 15.8 Å². The first kappa shape index (κ1) is 17.4. The molecule has 0 saturated carbocycles. The van der Waals surface area contributed by atoms with Crippen molar-refractivity contribution in [1.29, 1.82) is 0 Å². The lowest BCUT2D eigenvalue weighted by Crippen LogP contribution is -2.20. The molecule has 0 radical (unpaired) electrons. The molecule has 124 valence electrons. The summed E-state index contributed by atoms with van der Waals surface area (Å²) in [6.45, 7) is 3.94. The second kappa shape index (κ2) is 8.62. The fourth-order valence-corrected chi connectivity index (χ4v) is 2.17. The number of amides is 2. The Balaban J connectivity index is 1.75. The fourth-order valence-electron chi connectivity index (χ4n) is 2.17. The SMILES string of the molecule is Cc1ccc(NC(=O)CCC(=O)NN=Cc2ccccc2)c(C)c1. The van der Waals surface area contributed by atoms with Crippen LogP contribution in [0.25, 0.3) is 0 Å². The monoisotopic (exact) mass is 323 g/mol. The molecular formula is C19H21N3O2. The van der Waals surface area contributed by atoms with Crippen molar-refractivity contribution in [2.45, 2.75) is 26.7 Å². The van der Waals surface area contributed by atoms with Gasteiger partial charge in [0.05, 0.1) is 6.21 Å². The number of hydrogen-bond acceptors (Lipinski definition) is 3. The predicted octanol–water partition coefficient (Wildman–Crippen LogP) is 3.17. The fraction of sp³-hybridized carbons (Fsp3) is 0.211. The van der Waals surface area contributed by atoms with Gasteiger partial charge in [-0.2, -0.15) is 5.10 Å². The molecule has 0 bridgehead atoms. The zero-order valence-corrected chi connectivity index (χ0v) is 13.9. The van der Waals surface area contributed by atoms with Gasteiger partial charge in [-0.25, -0.2) is 5.43 Å². The van der Waals surface area contributed by atoms with Gasteiger partial charge < -0.3 is 5.32 Å². The molecule has 0 aliphatic rings. The van der Waals surface area contributed by atoms with Gasteiger partial charge in [-0.3, -0.25) is 9.59 Å². The molecule has 0 atom stereocenters. The molecule has 0 aliphatic carbocycles. The Labute approximate surface area is 141 Å². The van der Waals surface area contributed by atoms with Crippen LogP contribution in [0.3, 0.4) is 0 Å². The molecule has 0 spiro atoms. The van der Waals surface area contributed by atoms with Crippen molar-refractivity contribution in [1.82, 2.24) is 5.43 Å². The molecule has 2 aromatic carbocycles. The summed E-state index contributed by atoms with van der Waals surface area (Å²) in [5, 5.41) is 6.69. The van der Waals surface area contributed by atoms with Crippen molar-refractivity contribution in [2.24, 2.45) is 5.10 Å². The van der Waals surface area contributed by atoms with E-state index in [1.165, 1.54) is 0 Å². The van der Waals surface area contributed by atoms with Crippen LogP contribution in [0.5, 0.6) is 0 Å². The first-order valence-electron chi connectivity index (χ1n) is 7.78. The highest BCUT2D eigenvalue weighted by molar-refractivity contribution is 5.94. The minimum absolute atomic E-state index is 0.0862. The van der Waals surface area contributed by atoms with E-state index in [0.29, 0.717) is 0 Å². The van der Waals surface area contributed by atoms with Crippen LogP contribution in [-0.4, -0.2) is 18.0 Å². The highest BCUT2D eigenvalue weighted by Gasteiger charge is 2.08. The number of rotatable bonds is 6. The smallest absolute Gasteiger partial charge is 0.240 e. The van der Waals surface area contributed by atoms with Crippen LogP contribution in [0.2, 0.25) is 0 Å². The Bertz CT molecular complexity index is 740. The topological polar surface area (TPSA) is 70.6 Å². The summed E-state index contributed by atoms with van der Waals surface area (Å²) < 4.78 is 0. The summed E-state index contributed by atoms with van der Waals surface area (Å²) >= 11 is 0. The Morgan fingerprint density at radius 3 is 2.42 bits per heavy atom. The van der Waals surface area contributed by atoms with Gasteiger partial charge in [0.25, 0.3) is 0 Å². The second-order valence-electron chi connectivity index (χ2n) is 5.57. The van der Waals surface area contributed by atoms with Crippen molar-refractivity contribution in [3.63, 3.8) is 0 Å². The molecule has 2 aromatic rings. The molecule has 0 unspecified atom stereocenters. The summed E-state index contributed by atoms with van der Waals surface area (Å²) in [6.07, 6.45) is 1.76. The van der Waals surface area contributed by atoms with Gasteiger partial charge in [0.15, 0.2) is 0 Å². The number of carbonyl (C=O) groups excluding carboxylic acids is 2. The normalized spacial score (nSPS) is 10.6. The van der Waals surface area contributed by atoms with Gasteiger partial charge in [0, 0.05) is 18.5 Å². The number of nitrogens with zero attached hydrogens (tertiary/aromatic N) is 1. The predicted molar refractivity (Wildman–Crippen MR) is 96.0 cm³/mol. The zero-order chi connectivity index (χ0) is 17.4. The van der Waals surface area contributed by atoms with Crippen LogP contribution in [0.4, 0.5) is 5.69 Å². The van der Waals surface area contributed by atoms with Crippen LogP contribution < -0.4 is 10.7 Å². The summed E-state index contributed by atoms with van der Waals surface area (Å²) in [5.74, 6) is -0.484. The van der Waals surface area contributed by atoms with E-state index in [4.69, 9.17) is 0 Å². The largest absolute Gasteiger partial charge is 0.326 e. The molecule has 2 amide bonds. The Morgan fingerprint density at radius 2 is 1.71 bits per heavy atom. The Kier molecular flexibility index (Phi) is 6.25. The molecule has 5 nitrogen and oxygen atoms in total. The Morgan fingerprint density at radius 1 is 1.00 bits per heavy atom. The maximum atomic E-state index is 11.9. The van der Waals surface area contributed by atoms with Crippen LogP contribution in [0, 0.1) is 13.8 Å². The lowest BCUT2D eigenvalue weighted by molar-refractivity contribution is -0.124. The minimum atomic E-state index is -0.294. The van der Waals surface area contributed by atoms with E-state index in [1.807, 2.05) is 62.4 Å².